The Labute approximate surface area is 138 Å². The molecule has 3 aliphatic rings. The molecule has 4 unspecified atom stereocenters. The summed E-state index contributed by atoms with van der Waals surface area (Å²) in [5.74, 6) is 0.420. The van der Waals surface area contributed by atoms with E-state index in [1.807, 2.05) is 7.05 Å². The molecule has 0 radical (unpaired) electrons. The second kappa shape index (κ2) is 6.40. The number of hydrogen-bond acceptors (Lipinski definition) is 4. The van der Waals surface area contributed by atoms with Crippen molar-refractivity contribution in [1.82, 2.24) is 15.5 Å². The van der Waals surface area contributed by atoms with Gasteiger partial charge in [-0.3, -0.25) is 14.5 Å². The molecule has 0 bridgehead atoms. The Bertz CT molecular complexity index is 480. The summed E-state index contributed by atoms with van der Waals surface area (Å²) in [5.41, 5.74) is 0.0793. The molecule has 3 fully saturated rings. The van der Waals surface area contributed by atoms with Crippen molar-refractivity contribution in [2.75, 3.05) is 26.7 Å². The number of fused-ring (bicyclic) bond motifs is 1. The van der Waals surface area contributed by atoms with Gasteiger partial charge in [-0.1, -0.05) is 13.8 Å². The highest BCUT2D eigenvalue weighted by molar-refractivity contribution is 5.88. The van der Waals surface area contributed by atoms with Crippen LogP contribution in [0.2, 0.25) is 0 Å². The maximum absolute atomic E-state index is 12.4. The number of carbonyl (C=O) groups is 2. The highest BCUT2D eigenvalue weighted by Gasteiger charge is 2.60. The SMILES string of the molecule is CN(CC(=O)NC1CCCCNC1=O)C1C2CCOC2C1(C)C. The number of likely N-dealkylation sites (N-methyl/N-ethyl adjacent to an activating group) is 1. The number of ether oxygens (including phenoxy) is 1. The van der Waals surface area contributed by atoms with Gasteiger partial charge in [-0.05, 0) is 32.7 Å². The molecular formula is C17H29N3O3. The Morgan fingerprint density at radius 3 is 2.96 bits per heavy atom. The Balaban J connectivity index is 1.54. The molecule has 130 valence electrons. The predicted molar refractivity (Wildman–Crippen MR) is 86.8 cm³/mol. The van der Waals surface area contributed by atoms with Gasteiger partial charge in [0.2, 0.25) is 11.8 Å². The number of carbonyl (C=O) groups excluding carboxylic acids is 2. The van der Waals surface area contributed by atoms with E-state index in [0.29, 0.717) is 31.2 Å². The largest absolute Gasteiger partial charge is 0.377 e. The van der Waals surface area contributed by atoms with E-state index >= 15 is 0 Å². The van der Waals surface area contributed by atoms with Crippen molar-refractivity contribution < 1.29 is 14.3 Å². The van der Waals surface area contributed by atoms with Crippen LogP contribution in [0.1, 0.15) is 39.5 Å². The lowest BCUT2D eigenvalue weighted by Gasteiger charge is -2.57. The summed E-state index contributed by atoms with van der Waals surface area (Å²) in [6, 6.07) is -0.0147. The number of rotatable bonds is 4. The van der Waals surface area contributed by atoms with Gasteiger partial charge < -0.3 is 15.4 Å². The van der Waals surface area contributed by atoms with Gasteiger partial charge in [0.1, 0.15) is 6.04 Å². The summed E-state index contributed by atoms with van der Waals surface area (Å²) >= 11 is 0. The standard InChI is InChI=1S/C17H29N3O3/c1-17(2)14(11-7-9-23-15(11)17)20(3)10-13(21)19-12-6-4-5-8-18-16(12)22/h11-12,14-15H,4-10H2,1-3H3,(H,18,22)(H,19,21). The first kappa shape index (κ1) is 16.7. The summed E-state index contributed by atoms with van der Waals surface area (Å²) in [7, 11) is 2.01. The van der Waals surface area contributed by atoms with Gasteiger partial charge in [0, 0.05) is 30.5 Å². The van der Waals surface area contributed by atoms with Gasteiger partial charge in [-0.25, -0.2) is 0 Å². The Kier molecular flexibility index (Phi) is 4.65. The molecular weight excluding hydrogens is 294 g/mol. The second-order valence-corrected chi connectivity index (χ2v) is 7.83. The fourth-order valence-electron chi connectivity index (χ4n) is 4.83. The summed E-state index contributed by atoms with van der Waals surface area (Å²) < 4.78 is 5.82. The summed E-state index contributed by atoms with van der Waals surface area (Å²) in [4.78, 5) is 26.4. The lowest BCUT2D eigenvalue weighted by Crippen LogP contribution is -2.67. The van der Waals surface area contributed by atoms with E-state index in [0.717, 1.165) is 32.3 Å². The summed E-state index contributed by atoms with van der Waals surface area (Å²) in [6.45, 7) is 6.32. The molecule has 4 atom stereocenters. The third-order valence-corrected chi connectivity index (χ3v) is 5.78. The molecule has 2 N–H and O–H groups in total. The van der Waals surface area contributed by atoms with Gasteiger partial charge in [0.25, 0.3) is 0 Å². The molecule has 2 saturated heterocycles. The van der Waals surface area contributed by atoms with Crippen molar-refractivity contribution in [1.29, 1.82) is 0 Å². The average Bonchev–Trinajstić information content (AvgIpc) is 2.81. The molecule has 0 aromatic heterocycles. The molecule has 3 rings (SSSR count). The van der Waals surface area contributed by atoms with E-state index < -0.39 is 0 Å². The number of hydrogen-bond donors (Lipinski definition) is 2. The van der Waals surface area contributed by atoms with E-state index in [4.69, 9.17) is 4.74 Å². The van der Waals surface area contributed by atoms with Crippen LogP contribution in [-0.4, -0.2) is 61.6 Å². The van der Waals surface area contributed by atoms with Crippen LogP contribution in [0.25, 0.3) is 0 Å². The van der Waals surface area contributed by atoms with Crippen LogP contribution in [0, 0.1) is 11.3 Å². The Morgan fingerprint density at radius 2 is 2.17 bits per heavy atom. The first-order valence-corrected chi connectivity index (χ1v) is 8.80. The van der Waals surface area contributed by atoms with Crippen LogP contribution in [0.15, 0.2) is 0 Å². The van der Waals surface area contributed by atoms with Gasteiger partial charge in [0.15, 0.2) is 0 Å². The van der Waals surface area contributed by atoms with Crippen LogP contribution in [0.3, 0.4) is 0 Å². The molecule has 6 nitrogen and oxygen atoms in total. The maximum atomic E-state index is 12.4. The smallest absolute Gasteiger partial charge is 0.242 e. The number of nitrogens with zero attached hydrogens (tertiary/aromatic N) is 1. The molecule has 2 amide bonds. The third-order valence-electron chi connectivity index (χ3n) is 5.78. The first-order chi connectivity index (χ1) is 10.9. The van der Waals surface area contributed by atoms with Gasteiger partial charge >= 0.3 is 0 Å². The molecule has 0 aromatic carbocycles. The Hall–Kier alpha value is -1.14. The normalized spacial score (nSPS) is 35.9. The molecule has 1 aliphatic carbocycles. The highest BCUT2D eigenvalue weighted by atomic mass is 16.5. The summed E-state index contributed by atoms with van der Waals surface area (Å²) in [6.07, 6.45) is 4.09. The van der Waals surface area contributed by atoms with E-state index in [-0.39, 0.29) is 23.3 Å². The fourth-order valence-corrected chi connectivity index (χ4v) is 4.83. The molecule has 23 heavy (non-hydrogen) atoms. The zero-order valence-corrected chi connectivity index (χ0v) is 14.4. The van der Waals surface area contributed by atoms with E-state index in [1.165, 1.54) is 0 Å². The average molecular weight is 323 g/mol. The van der Waals surface area contributed by atoms with Crippen molar-refractivity contribution in [3.8, 4) is 0 Å². The fraction of sp³-hybridized carbons (Fsp3) is 0.882. The topological polar surface area (TPSA) is 70.7 Å². The second-order valence-electron chi connectivity index (χ2n) is 7.83. The zero-order valence-electron chi connectivity index (χ0n) is 14.4. The first-order valence-electron chi connectivity index (χ1n) is 8.80. The number of amides is 2. The van der Waals surface area contributed by atoms with E-state index in [2.05, 4.69) is 29.4 Å². The van der Waals surface area contributed by atoms with Gasteiger partial charge in [-0.2, -0.15) is 0 Å². The lowest BCUT2D eigenvalue weighted by molar-refractivity contribution is -0.154. The molecule has 6 heteroatoms. The molecule has 0 spiro atoms. The van der Waals surface area contributed by atoms with E-state index in [1.54, 1.807) is 0 Å². The van der Waals surface area contributed by atoms with Crippen molar-refractivity contribution in [3.05, 3.63) is 0 Å². The van der Waals surface area contributed by atoms with Gasteiger partial charge in [0.05, 0.1) is 12.6 Å². The quantitative estimate of drug-likeness (QED) is 0.791. The Morgan fingerprint density at radius 1 is 1.39 bits per heavy atom. The minimum atomic E-state index is -0.379. The molecule has 2 aliphatic heterocycles. The van der Waals surface area contributed by atoms with Crippen molar-refractivity contribution in [2.45, 2.75) is 57.7 Å². The third kappa shape index (κ3) is 3.11. The van der Waals surface area contributed by atoms with Crippen LogP contribution in [0.5, 0.6) is 0 Å². The van der Waals surface area contributed by atoms with Crippen molar-refractivity contribution in [2.24, 2.45) is 11.3 Å². The van der Waals surface area contributed by atoms with Crippen LogP contribution in [0.4, 0.5) is 0 Å². The minimum Gasteiger partial charge on any atom is -0.377 e. The lowest BCUT2D eigenvalue weighted by atomic mass is 9.57. The number of nitrogens with one attached hydrogen (secondary N) is 2. The van der Waals surface area contributed by atoms with E-state index in [9.17, 15) is 9.59 Å². The molecule has 0 aromatic rings. The van der Waals surface area contributed by atoms with Crippen LogP contribution >= 0.6 is 0 Å². The molecule has 1 saturated carbocycles. The van der Waals surface area contributed by atoms with Crippen molar-refractivity contribution in [3.63, 3.8) is 0 Å². The summed E-state index contributed by atoms with van der Waals surface area (Å²) in [5, 5.41) is 5.76. The highest BCUT2D eigenvalue weighted by Crippen LogP contribution is 2.54. The predicted octanol–water partition coefficient (Wildman–Crippen LogP) is 0.517. The van der Waals surface area contributed by atoms with Crippen LogP contribution in [-0.2, 0) is 14.3 Å². The maximum Gasteiger partial charge on any atom is 0.242 e. The monoisotopic (exact) mass is 323 g/mol. The van der Waals surface area contributed by atoms with Crippen LogP contribution < -0.4 is 10.6 Å². The van der Waals surface area contributed by atoms with Gasteiger partial charge in [-0.15, -0.1) is 0 Å². The minimum absolute atomic E-state index is 0.0493. The van der Waals surface area contributed by atoms with Crippen molar-refractivity contribution >= 4 is 11.8 Å². The molecule has 2 heterocycles. The zero-order chi connectivity index (χ0) is 16.6.